The summed E-state index contributed by atoms with van der Waals surface area (Å²) >= 11 is 8.38. The summed E-state index contributed by atoms with van der Waals surface area (Å²) in [4.78, 5) is 20.3. The van der Waals surface area contributed by atoms with E-state index in [2.05, 4.69) is 0 Å². The van der Waals surface area contributed by atoms with Gasteiger partial charge in [-0.15, -0.1) is 11.3 Å². The Morgan fingerprint density at radius 1 is 1.17 bits per heavy atom. The van der Waals surface area contributed by atoms with Gasteiger partial charge in [0.1, 0.15) is 16.0 Å². The molecule has 0 spiro atoms. The van der Waals surface area contributed by atoms with Crippen LogP contribution in [-0.4, -0.2) is 43.3 Å². The number of ether oxygens (including phenoxy) is 1. The Hall–Kier alpha value is -2.50. The molecule has 4 aromatic rings. The minimum absolute atomic E-state index is 0.142. The molecule has 11 heteroatoms. The second kappa shape index (κ2) is 9.87. The van der Waals surface area contributed by atoms with Crippen LogP contribution in [0.15, 0.2) is 64.9 Å². The summed E-state index contributed by atoms with van der Waals surface area (Å²) in [6.45, 7) is 0.566. The summed E-state index contributed by atoms with van der Waals surface area (Å²) in [6, 6.07) is 17.4. The molecular formula is C24H22ClN3O4S3. The van der Waals surface area contributed by atoms with Crippen LogP contribution in [0.2, 0.25) is 4.34 Å². The number of amides is 1. The van der Waals surface area contributed by atoms with Crippen molar-refractivity contribution >= 4 is 65.6 Å². The molecule has 0 N–H and O–H groups in total. The lowest BCUT2D eigenvalue weighted by atomic mass is 10.1. The number of nitrogens with zero attached hydrogens (tertiary/aromatic N) is 3. The Bertz CT molecular complexity index is 1470. The zero-order valence-electron chi connectivity index (χ0n) is 18.8. The Kier molecular flexibility index (Phi) is 6.82. The molecule has 5 rings (SSSR count). The summed E-state index contributed by atoms with van der Waals surface area (Å²) in [5.41, 5.74) is 1.68. The van der Waals surface area contributed by atoms with Crippen LogP contribution in [0.5, 0.6) is 5.75 Å². The molecule has 0 aliphatic carbocycles. The van der Waals surface area contributed by atoms with Gasteiger partial charge in [-0.2, -0.15) is 4.31 Å². The van der Waals surface area contributed by atoms with Crippen molar-refractivity contribution in [1.29, 1.82) is 0 Å². The third-order valence-corrected chi connectivity index (χ3v) is 10.5. The van der Waals surface area contributed by atoms with Gasteiger partial charge in [0.2, 0.25) is 5.91 Å². The van der Waals surface area contributed by atoms with E-state index in [1.54, 1.807) is 18.1 Å². The van der Waals surface area contributed by atoms with Gasteiger partial charge in [0.05, 0.1) is 28.2 Å². The molecule has 0 saturated carbocycles. The molecule has 1 aliphatic rings. The van der Waals surface area contributed by atoms with E-state index in [0.29, 0.717) is 28.1 Å². The molecule has 35 heavy (non-hydrogen) atoms. The van der Waals surface area contributed by atoms with Crippen LogP contribution >= 0.6 is 34.3 Å². The van der Waals surface area contributed by atoms with E-state index in [1.165, 1.54) is 21.7 Å². The van der Waals surface area contributed by atoms with E-state index >= 15 is 0 Å². The molecule has 2 aromatic heterocycles. The second-order valence-electron chi connectivity index (χ2n) is 8.07. The number of aromatic nitrogens is 1. The number of hydrogen-bond acceptors (Lipinski definition) is 7. The summed E-state index contributed by atoms with van der Waals surface area (Å²) in [7, 11) is -2.25. The van der Waals surface area contributed by atoms with Crippen molar-refractivity contribution in [3.63, 3.8) is 0 Å². The van der Waals surface area contributed by atoms with Crippen molar-refractivity contribution in [2.24, 2.45) is 0 Å². The van der Waals surface area contributed by atoms with Gasteiger partial charge in [-0.05, 0) is 48.7 Å². The van der Waals surface area contributed by atoms with Crippen molar-refractivity contribution < 1.29 is 17.9 Å². The molecule has 0 bridgehead atoms. The van der Waals surface area contributed by atoms with Gasteiger partial charge in [-0.25, -0.2) is 13.4 Å². The highest BCUT2D eigenvalue weighted by Gasteiger charge is 2.42. The average molecular weight is 548 g/mol. The Morgan fingerprint density at radius 3 is 2.69 bits per heavy atom. The molecule has 7 nitrogen and oxygen atoms in total. The van der Waals surface area contributed by atoms with Crippen LogP contribution in [0.3, 0.4) is 0 Å². The average Bonchev–Trinajstić information content (AvgIpc) is 3.61. The fourth-order valence-electron chi connectivity index (χ4n) is 4.15. The molecule has 1 atom stereocenters. The number of thiophene rings is 1. The van der Waals surface area contributed by atoms with Gasteiger partial charge >= 0.3 is 0 Å². The van der Waals surface area contributed by atoms with Gasteiger partial charge in [0, 0.05) is 6.54 Å². The molecule has 1 fully saturated rings. The number of fused-ring (bicyclic) bond motifs is 1. The van der Waals surface area contributed by atoms with Crippen LogP contribution in [0.4, 0.5) is 5.13 Å². The first-order valence-electron chi connectivity index (χ1n) is 10.9. The standard InChI is InChI=1S/C24H22ClN3O4S3/c1-32-17-9-10-18-20(14-17)33-24(26-18)27(15-16-6-3-2-4-7-16)23(29)19-8-5-13-28(19)35(30,31)22-12-11-21(25)34-22/h2-4,6-7,9-12,14,19H,5,8,13,15H2,1H3. The van der Waals surface area contributed by atoms with Crippen LogP contribution in [0.25, 0.3) is 10.2 Å². The lowest BCUT2D eigenvalue weighted by Gasteiger charge is -2.28. The van der Waals surface area contributed by atoms with Crippen LogP contribution in [-0.2, 0) is 21.4 Å². The minimum Gasteiger partial charge on any atom is -0.497 e. The van der Waals surface area contributed by atoms with Crippen molar-refractivity contribution in [1.82, 2.24) is 9.29 Å². The normalized spacial score (nSPS) is 16.6. The Labute approximate surface area is 216 Å². The van der Waals surface area contributed by atoms with Crippen LogP contribution < -0.4 is 9.64 Å². The number of carbonyl (C=O) groups excluding carboxylic acids is 1. The van der Waals surface area contributed by atoms with E-state index < -0.39 is 16.1 Å². The molecule has 1 amide bonds. The van der Waals surface area contributed by atoms with Crippen molar-refractivity contribution in [2.75, 3.05) is 18.6 Å². The topological polar surface area (TPSA) is 79.8 Å². The highest BCUT2D eigenvalue weighted by atomic mass is 35.5. The predicted molar refractivity (Wildman–Crippen MR) is 140 cm³/mol. The Balaban J connectivity index is 1.52. The smallest absolute Gasteiger partial charge is 0.253 e. The predicted octanol–water partition coefficient (Wildman–Crippen LogP) is 5.41. The van der Waals surface area contributed by atoms with Crippen molar-refractivity contribution in [3.05, 3.63) is 70.6 Å². The van der Waals surface area contributed by atoms with Crippen molar-refractivity contribution in [3.8, 4) is 5.75 Å². The molecule has 182 valence electrons. The quantitative estimate of drug-likeness (QED) is 0.309. The molecule has 1 aliphatic heterocycles. The summed E-state index contributed by atoms with van der Waals surface area (Å²) < 4.78 is 34.8. The van der Waals surface area contributed by atoms with Gasteiger partial charge in [0.15, 0.2) is 5.13 Å². The first kappa shape index (κ1) is 24.2. The number of halogens is 1. The number of thiazole rings is 1. The van der Waals surface area contributed by atoms with E-state index in [-0.39, 0.29) is 23.2 Å². The monoisotopic (exact) mass is 547 g/mol. The number of hydrogen-bond donors (Lipinski definition) is 0. The summed E-state index contributed by atoms with van der Waals surface area (Å²) in [6.07, 6.45) is 1.05. The highest BCUT2D eigenvalue weighted by Crippen LogP contribution is 2.36. The molecule has 3 heterocycles. The summed E-state index contributed by atoms with van der Waals surface area (Å²) in [5.74, 6) is 0.417. The largest absolute Gasteiger partial charge is 0.497 e. The number of anilines is 1. The third kappa shape index (κ3) is 4.81. The zero-order chi connectivity index (χ0) is 24.6. The fourth-order valence-corrected chi connectivity index (χ4v) is 8.41. The lowest BCUT2D eigenvalue weighted by Crippen LogP contribution is -2.47. The first-order chi connectivity index (χ1) is 16.9. The maximum atomic E-state index is 14.0. The maximum absolute atomic E-state index is 14.0. The molecule has 1 saturated heterocycles. The van der Waals surface area contributed by atoms with Gasteiger partial charge < -0.3 is 4.74 Å². The molecule has 0 radical (unpaired) electrons. The highest BCUT2D eigenvalue weighted by molar-refractivity contribution is 7.91. The summed E-state index contributed by atoms with van der Waals surface area (Å²) in [5, 5.41) is 0.519. The van der Waals surface area contributed by atoms with E-state index in [1.807, 2.05) is 48.5 Å². The van der Waals surface area contributed by atoms with Gasteiger partial charge in [-0.3, -0.25) is 9.69 Å². The van der Waals surface area contributed by atoms with Gasteiger partial charge in [-0.1, -0.05) is 53.3 Å². The lowest BCUT2D eigenvalue weighted by molar-refractivity contribution is -0.121. The molecular weight excluding hydrogens is 526 g/mol. The fraction of sp³-hybridized carbons (Fsp3) is 0.250. The second-order valence-corrected chi connectivity index (χ2v) is 12.9. The third-order valence-electron chi connectivity index (χ3n) is 5.87. The Morgan fingerprint density at radius 2 is 1.97 bits per heavy atom. The maximum Gasteiger partial charge on any atom is 0.253 e. The minimum atomic E-state index is -3.85. The first-order valence-corrected chi connectivity index (χ1v) is 14.4. The number of methoxy groups -OCH3 is 1. The number of rotatable bonds is 7. The van der Waals surface area contributed by atoms with Crippen LogP contribution in [0, 0.1) is 0 Å². The van der Waals surface area contributed by atoms with Crippen LogP contribution in [0.1, 0.15) is 18.4 Å². The number of carbonyl (C=O) groups is 1. The molecule has 2 aromatic carbocycles. The van der Waals surface area contributed by atoms with E-state index in [4.69, 9.17) is 21.3 Å². The van der Waals surface area contributed by atoms with E-state index in [0.717, 1.165) is 27.1 Å². The van der Waals surface area contributed by atoms with E-state index in [9.17, 15) is 13.2 Å². The number of benzene rings is 2. The SMILES string of the molecule is COc1ccc2nc(N(Cc3ccccc3)C(=O)C3CCCN3S(=O)(=O)c3ccc(Cl)s3)sc2c1. The van der Waals surface area contributed by atoms with Gasteiger partial charge in [0.25, 0.3) is 10.0 Å². The number of sulfonamides is 1. The zero-order valence-corrected chi connectivity index (χ0v) is 22.0. The molecule has 1 unspecified atom stereocenters. The van der Waals surface area contributed by atoms with Crippen molar-refractivity contribution in [2.45, 2.75) is 29.6 Å².